The maximum atomic E-state index is 2.46. The summed E-state index contributed by atoms with van der Waals surface area (Å²) < 4.78 is 0. The van der Waals surface area contributed by atoms with Crippen LogP contribution in [0.5, 0.6) is 0 Å². The van der Waals surface area contributed by atoms with Gasteiger partial charge in [-0.05, 0) is 35.7 Å². The summed E-state index contributed by atoms with van der Waals surface area (Å²) in [6.07, 6.45) is 14.1. The molecular formula is C27H50. The van der Waals surface area contributed by atoms with Crippen LogP contribution < -0.4 is 0 Å². The topological polar surface area (TPSA) is 0 Å². The minimum atomic E-state index is 0.711. The number of unbranched alkanes of at least 4 members (excludes halogenated alkanes) is 1. The van der Waals surface area contributed by atoms with Gasteiger partial charge in [-0.1, -0.05) is 137 Å². The molecule has 3 atom stereocenters. The van der Waals surface area contributed by atoms with Gasteiger partial charge in [0.1, 0.15) is 0 Å². The molecule has 0 heterocycles. The minimum absolute atomic E-state index is 0.711. The third-order valence-electron chi connectivity index (χ3n) is 5.82. The SMILES string of the molecule is CC.CC(C)CCCC(C)CCCC(C)CCCCC(C)c1ccccc1. The van der Waals surface area contributed by atoms with Crippen LogP contribution in [0.1, 0.15) is 124 Å². The molecule has 158 valence electrons. The molecule has 1 aromatic rings. The normalized spacial score (nSPS) is 14.4. The Bertz CT molecular complexity index is 405. The maximum Gasteiger partial charge on any atom is -0.0190 e. The van der Waals surface area contributed by atoms with Crippen molar-refractivity contribution in [3.8, 4) is 0 Å². The highest BCUT2D eigenvalue weighted by atomic mass is 14.1. The van der Waals surface area contributed by atoms with Crippen LogP contribution in [-0.4, -0.2) is 0 Å². The minimum Gasteiger partial charge on any atom is -0.0683 e. The van der Waals surface area contributed by atoms with Gasteiger partial charge < -0.3 is 0 Å². The largest absolute Gasteiger partial charge is 0.0683 e. The Labute approximate surface area is 172 Å². The molecule has 0 bridgehead atoms. The summed E-state index contributed by atoms with van der Waals surface area (Å²) in [7, 11) is 0. The third kappa shape index (κ3) is 14.9. The molecule has 27 heavy (non-hydrogen) atoms. The molecule has 1 aromatic carbocycles. The quantitative estimate of drug-likeness (QED) is 0.284. The second-order valence-electron chi connectivity index (χ2n) is 9.06. The molecule has 0 aromatic heterocycles. The van der Waals surface area contributed by atoms with E-state index in [9.17, 15) is 0 Å². The zero-order valence-corrected chi connectivity index (χ0v) is 19.8. The van der Waals surface area contributed by atoms with E-state index in [1.165, 1.54) is 69.8 Å². The average molecular weight is 375 g/mol. The van der Waals surface area contributed by atoms with Gasteiger partial charge >= 0.3 is 0 Å². The maximum absolute atomic E-state index is 2.46. The van der Waals surface area contributed by atoms with Crippen LogP contribution in [0, 0.1) is 17.8 Å². The predicted octanol–water partition coefficient (Wildman–Crippen LogP) is 9.65. The zero-order valence-electron chi connectivity index (χ0n) is 19.8. The molecule has 0 nitrogen and oxygen atoms in total. The summed E-state index contributed by atoms with van der Waals surface area (Å²) in [5.41, 5.74) is 1.50. The van der Waals surface area contributed by atoms with Gasteiger partial charge in [-0.25, -0.2) is 0 Å². The van der Waals surface area contributed by atoms with Crippen molar-refractivity contribution in [1.82, 2.24) is 0 Å². The highest BCUT2D eigenvalue weighted by Crippen LogP contribution is 2.24. The lowest BCUT2D eigenvalue weighted by atomic mass is 9.90. The smallest absolute Gasteiger partial charge is 0.0190 e. The summed E-state index contributed by atoms with van der Waals surface area (Å²) in [5, 5.41) is 0. The van der Waals surface area contributed by atoms with E-state index in [4.69, 9.17) is 0 Å². The highest BCUT2D eigenvalue weighted by Gasteiger charge is 2.08. The Morgan fingerprint density at radius 2 is 1.00 bits per heavy atom. The lowest BCUT2D eigenvalue weighted by Gasteiger charge is -2.16. The first-order chi connectivity index (χ1) is 13.0. The number of hydrogen-bond acceptors (Lipinski definition) is 0. The van der Waals surface area contributed by atoms with E-state index in [0.29, 0.717) is 5.92 Å². The Hall–Kier alpha value is -0.780. The van der Waals surface area contributed by atoms with Crippen molar-refractivity contribution in [2.45, 2.75) is 119 Å². The molecule has 0 saturated heterocycles. The lowest BCUT2D eigenvalue weighted by Crippen LogP contribution is -2.00. The first-order valence-corrected chi connectivity index (χ1v) is 12.0. The molecule has 1 rings (SSSR count). The van der Waals surface area contributed by atoms with Gasteiger partial charge in [0.25, 0.3) is 0 Å². The van der Waals surface area contributed by atoms with E-state index in [-0.39, 0.29) is 0 Å². The molecule has 0 saturated carbocycles. The first kappa shape index (κ1) is 26.2. The molecule has 0 radical (unpaired) electrons. The first-order valence-electron chi connectivity index (χ1n) is 12.0. The molecule has 0 aliphatic heterocycles. The van der Waals surface area contributed by atoms with E-state index in [2.05, 4.69) is 65.0 Å². The molecule has 0 amide bonds. The molecule has 0 fully saturated rings. The van der Waals surface area contributed by atoms with Crippen LogP contribution in [0.4, 0.5) is 0 Å². The van der Waals surface area contributed by atoms with E-state index in [1.807, 2.05) is 13.8 Å². The van der Waals surface area contributed by atoms with E-state index >= 15 is 0 Å². The molecule has 0 aliphatic rings. The fraction of sp³-hybridized carbons (Fsp3) is 0.778. The van der Waals surface area contributed by atoms with Crippen LogP contribution in [0.3, 0.4) is 0 Å². The number of rotatable bonds is 14. The second kappa shape index (κ2) is 17.3. The third-order valence-corrected chi connectivity index (χ3v) is 5.82. The predicted molar refractivity (Wildman–Crippen MR) is 126 cm³/mol. The van der Waals surface area contributed by atoms with E-state index < -0.39 is 0 Å². The van der Waals surface area contributed by atoms with Gasteiger partial charge in [0.05, 0.1) is 0 Å². The Balaban J connectivity index is 0.00000326. The molecule has 0 spiro atoms. The molecular weight excluding hydrogens is 324 g/mol. The summed E-state index contributed by atoms with van der Waals surface area (Å²) in [6, 6.07) is 11.0. The second-order valence-corrected chi connectivity index (χ2v) is 9.06. The van der Waals surface area contributed by atoms with Crippen LogP contribution in [-0.2, 0) is 0 Å². The van der Waals surface area contributed by atoms with Crippen LogP contribution in [0.2, 0.25) is 0 Å². The molecule has 0 N–H and O–H groups in total. The molecule has 3 unspecified atom stereocenters. The molecule has 0 aliphatic carbocycles. The van der Waals surface area contributed by atoms with Gasteiger partial charge in [-0.3, -0.25) is 0 Å². The fourth-order valence-electron chi connectivity index (χ4n) is 3.87. The van der Waals surface area contributed by atoms with Crippen molar-refractivity contribution in [3.05, 3.63) is 35.9 Å². The van der Waals surface area contributed by atoms with Crippen molar-refractivity contribution >= 4 is 0 Å². The van der Waals surface area contributed by atoms with Gasteiger partial charge in [0, 0.05) is 0 Å². The average Bonchev–Trinajstić information content (AvgIpc) is 2.67. The Morgan fingerprint density at radius 3 is 1.52 bits per heavy atom. The Kier molecular flexibility index (Phi) is 16.8. The van der Waals surface area contributed by atoms with Crippen molar-refractivity contribution < 1.29 is 0 Å². The summed E-state index contributed by atoms with van der Waals surface area (Å²) in [5.74, 6) is 3.42. The van der Waals surface area contributed by atoms with Crippen LogP contribution in [0.15, 0.2) is 30.3 Å². The number of benzene rings is 1. The van der Waals surface area contributed by atoms with Crippen molar-refractivity contribution in [2.75, 3.05) is 0 Å². The van der Waals surface area contributed by atoms with Gasteiger partial charge in [-0.2, -0.15) is 0 Å². The summed E-state index contributed by atoms with van der Waals surface area (Å²) in [4.78, 5) is 0. The lowest BCUT2D eigenvalue weighted by molar-refractivity contribution is 0.385. The van der Waals surface area contributed by atoms with Crippen molar-refractivity contribution in [1.29, 1.82) is 0 Å². The highest BCUT2D eigenvalue weighted by molar-refractivity contribution is 5.18. The van der Waals surface area contributed by atoms with Crippen molar-refractivity contribution in [3.63, 3.8) is 0 Å². The zero-order chi connectivity index (χ0) is 20.5. The summed E-state index contributed by atoms with van der Waals surface area (Å²) >= 11 is 0. The standard InChI is InChI=1S/C25H44.C2H6/c1-21(2)13-11-15-23(4)17-12-16-22(3)14-9-10-18-24(5)25-19-7-6-8-20-25;1-2/h6-8,19-24H,9-18H2,1-5H3;1-2H3. The fourth-order valence-corrected chi connectivity index (χ4v) is 3.87. The van der Waals surface area contributed by atoms with Gasteiger partial charge in [-0.15, -0.1) is 0 Å². The van der Waals surface area contributed by atoms with E-state index in [0.717, 1.165) is 17.8 Å². The summed E-state index contributed by atoms with van der Waals surface area (Å²) in [6.45, 7) is 16.0. The van der Waals surface area contributed by atoms with Crippen LogP contribution >= 0.6 is 0 Å². The molecule has 0 heteroatoms. The number of hydrogen-bond donors (Lipinski definition) is 0. The van der Waals surface area contributed by atoms with Crippen molar-refractivity contribution in [2.24, 2.45) is 17.8 Å². The van der Waals surface area contributed by atoms with E-state index in [1.54, 1.807) is 0 Å². The Morgan fingerprint density at radius 1 is 0.556 bits per heavy atom. The van der Waals surface area contributed by atoms with Gasteiger partial charge in [0.2, 0.25) is 0 Å². The van der Waals surface area contributed by atoms with Crippen LogP contribution in [0.25, 0.3) is 0 Å². The van der Waals surface area contributed by atoms with Gasteiger partial charge in [0.15, 0.2) is 0 Å². The monoisotopic (exact) mass is 374 g/mol.